The van der Waals surface area contributed by atoms with E-state index in [0.717, 1.165) is 69.6 Å². The highest BCUT2D eigenvalue weighted by Gasteiger charge is 2.19. The third-order valence-corrected chi connectivity index (χ3v) is 13.6. The minimum atomic E-state index is -0.762. The Morgan fingerprint density at radius 1 is 0.328 bits per heavy atom. The van der Waals surface area contributed by atoms with Crippen LogP contribution in [-0.4, -0.2) is 37.2 Å². The predicted molar refractivity (Wildman–Crippen MR) is 275 cm³/mol. The van der Waals surface area contributed by atoms with Crippen LogP contribution in [0.4, 0.5) is 0 Å². The molecular weight excluding hydrogens is 793 g/mol. The average molecular weight is 906 g/mol. The molecule has 0 saturated carbocycles. The fourth-order valence-corrected chi connectivity index (χ4v) is 8.84. The zero-order chi connectivity index (χ0) is 46.8. The van der Waals surface area contributed by atoms with Crippen LogP contribution >= 0.6 is 0 Å². The van der Waals surface area contributed by atoms with Crippen LogP contribution in [0.3, 0.4) is 0 Å². The van der Waals surface area contributed by atoms with Crippen molar-refractivity contribution in [2.24, 2.45) is 11.8 Å². The van der Waals surface area contributed by atoms with Gasteiger partial charge in [0.2, 0.25) is 0 Å². The van der Waals surface area contributed by atoms with E-state index in [9.17, 15) is 14.4 Å². The second kappa shape index (κ2) is 50.8. The zero-order valence-corrected chi connectivity index (χ0v) is 43.9. The number of ether oxygens (including phenoxy) is 3. The van der Waals surface area contributed by atoms with Crippen LogP contribution in [0.25, 0.3) is 0 Å². The molecule has 0 fully saturated rings. The minimum Gasteiger partial charge on any atom is -0.462 e. The molecule has 0 heterocycles. The van der Waals surface area contributed by atoms with E-state index in [1.165, 1.54) is 212 Å². The highest BCUT2D eigenvalue weighted by atomic mass is 16.6. The molecule has 0 N–H and O–H groups in total. The number of carbonyl (C=O) groups is 3. The summed E-state index contributed by atoms with van der Waals surface area (Å²) in [7, 11) is 0. The Hall–Kier alpha value is -1.59. The maximum Gasteiger partial charge on any atom is 0.306 e. The summed E-state index contributed by atoms with van der Waals surface area (Å²) < 4.78 is 16.9. The predicted octanol–water partition coefficient (Wildman–Crippen LogP) is 18.9. The first-order valence-corrected chi connectivity index (χ1v) is 28.8. The summed E-state index contributed by atoms with van der Waals surface area (Å²) in [6.45, 7) is 11.4. The summed E-state index contributed by atoms with van der Waals surface area (Å²) in [6.07, 6.45) is 53.7. The maximum absolute atomic E-state index is 12.8. The lowest BCUT2D eigenvalue weighted by atomic mass is 9.99. The first-order chi connectivity index (χ1) is 31.3. The molecule has 6 nitrogen and oxygen atoms in total. The van der Waals surface area contributed by atoms with Crippen LogP contribution in [0.5, 0.6) is 0 Å². The van der Waals surface area contributed by atoms with E-state index in [4.69, 9.17) is 14.2 Å². The van der Waals surface area contributed by atoms with Crippen molar-refractivity contribution in [3.8, 4) is 0 Å². The van der Waals surface area contributed by atoms with Crippen molar-refractivity contribution in [1.29, 1.82) is 0 Å². The van der Waals surface area contributed by atoms with E-state index >= 15 is 0 Å². The van der Waals surface area contributed by atoms with Crippen LogP contribution in [0, 0.1) is 11.8 Å². The van der Waals surface area contributed by atoms with Gasteiger partial charge in [0.25, 0.3) is 0 Å². The molecule has 0 aliphatic rings. The molecule has 0 amide bonds. The Balaban J connectivity index is 4.24. The summed E-state index contributed by atoms with van der Waals surface area (Å²) in [5.74, 6) is 0.903. The first-order valence-electron chi connectivity index (χ1n) is 28.8. The number of hydrogen-bond acceptors (Lipinski definition) is 6. The Kier molecular flexibility index (Phi) is 49.6. The summed E-state index contributed by atoms with van der Waals surface area (Å²) >= 11 is 0. The molecule has 0 radical (unpaired) electrons. The Morgan fingerprint density at radius 3 is 0.891 bits per heavy atom. The molecule has 0 aliphatic carbocycles. The molecule has 380 valence electrons. The van der Waals surface area contributed by atoms with Crippen LogP contribution < -0.4 is 0 Å². The van der Waals surface area contributed by atoms with Gasteiger partial charge in [-0.25, -0.2) is 0 Å². The molecule has 0 aromatic rings. The highest BCUT2D eigenvalue weighted by Crippen LogP contribution is 2.19. The van der Waals surface area contributed by atoms with Crippen LogP contribution in [0.2, 0.25) is 0 Å². The first kappa shape index (κ1) is 62.4. The highest BCUT2D eigenvalue weighted by molar-refractivity contribution is 5.71. The summed E-state index contributed by atoms with van der Waals surface area (Å²) in [4.78, 5) is 38.1. The molecule has 0 bridgehead atoms. The summed E-state index contributed by atoms with van der Waals surface area (Å²) in [5, 5.41) is 0. The van der Waals surface area contributed by atoms with Gasteiger partial charge in [-0.3, -0.25) is 14.4 Å². The summed E-state index contributed by atoms with van der Waals surface area (Å²) in [6, 6.07) is 0. The smallest absolute Gasteiger partial charge is 0.306 e. The Bertz CT molecular complexity index is 980. The quantitative estimate of drug-likeness (QED) is 0.0344. The van der Waals surface area contributed by atoms with Crippen LogP contribution in [-0.2, 0) is 28.6 Å². The van der Waals surface area contributed by atoms with Crippen molar-refractivity contribution in [3.05, 3.63) is 0 Å². The lowest BCUT2D eigenvalue weighted by molar-refractivity contribution is -0.167. The lowest BCUT2D eigenvalue weighted by Gasteiger charge is -2.18. The monoisotopic (exact) mass is 905 g/mol. The number of unbranched alkanes of at least 4 members (excludes halogenated alkanes) is 36. The van der Waals surface area contributed by atoms with E-state index in [1.54, 1.807) is 0 Å². The van der Waals surface area contributed by atoms with Gasteiger partial charge in [-0.05, 0) is 31.1 Å². The van der Waals surface area contributed by atoms with Crippen molar-refractivity contribution in [3.63, 3.8) is 0 Å². The van der Waals surface area contributed by atoms with E-state index < -0.39 is 6.10 Å². The molecule has 64 heavy (non-hydrogen) atoms. The topological polar surface area (TPSA) is 78.9 Å². The molecule has 0 spiro atoms. The second-order valence-corrected chi connectivity index (χ2v) is 20.6. The fourth-order valence-electron chi connectivity index (χ4n) is 8.84. The third kappa shape index (κ3) is 49.8. The molecule has 1 unspecified atom stereocenters. The average Bonchev–Trinajstić information content (AvgIpc) is 3.28. The number of hydrogen-bond donors (Lipinski definition) is 0. The second-order valence-electron chi connectivity index (χ2n) is 20.6. The maximum atomic E-state index is 12.8. The number of carbonyl (C=O) groups excluding carboxylic acids is 3. The van der Waals surface area contributed by atoms with E-state index in [0.29, 0.717) is 19.3 Å². The molecular formula is C58H112O6. The number of rotatable bonds is 52. The molecule has 0 aromatic carbocycles. The molecule has 0 rings (SSSR count). The summed E-state index contributed by atoms with van der Waals surface area (Å²) in [5.41, 5.74) is 0. The van der Waals surface area contributed by atoms with E-state index in [-0.39, 0.29) is 31.1 Å². The lowest BCUT2D eigenvalue weighted by Crippen LogP contribution is -2.30. The normalized spacial score (nSPS) is 12.5. The van der Waals surface area contributed by atoms with Gasteiger partial charge in [0, 0.05) is 19.3 Å². The molecule has 0 aromatic heterocycles. The van der Waals surface area contributed by atoms with E-state index in [1.807, 2.05) is 0 Å². The van der Waals surface area contributed by atoms with Gasteiger partial charge in [0.1, 0.15) is 13.2 Å². The van der Waals surface area contributed by atoms with E-state index in [2.05, 4.69) is 34.6 Å². The molecule has 0 aliphatic heterocycles. The number of esters is 3. The minimum absolute atomic E-state index is 0.0627. The standard InChI is InChI=1S/C58H112O6/c1-6-8-9-10-11-12-28-33-38-43-48-56(59)62-51-55(64-58(61)50-45-40-35-30-25-21-15-13-14-18-22-26-31-36-41-46-53(3)4)52-63-57(60)49-44-39-34-29-24-20-17-16-19-23-27-32-37-42-47-54(5)7-2/h53-55H,6-52H2,1-5H3/t54?,55-/m0/s1. The third-order valence-electron chi connectivity index (χ3n) is 13.6. The van der Waals surface area contributed by atoms with Gasteiger partial charge in [-0.15, -0.1) is 0 Å². The van der Waals surface area contributed by atoms with Crippen LogP contribution in [0.1, 0.15) is 324 Å². The zero-order valence-electron chi connectivity index (χ0n) is 43.9. The van der Waals surface area contributed by atoms with Gasteiger partial charge < -0.3 is 14.2 Å². The van der Waals surface area contributed by atoms with Gasteiger partial charge in [-0.2, -0.15) is 0 Å². The molecule has 0 saturated heterocycles. The fraction of sp³-hybridized carbons (Fsp3) is 0.948. The van der Waals surface area contributed by atoms with Gasteiger partial charge in [-0.1, -0.05) is 285 Å². The molecule has 6 heteroatoms. The van der Waals surface area contributed by atoms with Crippen molar-refractivity contribution in [1.82, 2.24) is 0 Å². The van der Waals surface area contributed by atoms with Crippen molar-refractivity contribution >= 4 is 17.9 Å². The Labute approximate surface area is 399 Å². The van der Waals surface area contributed by atoms with Crippen molar-refractivity contribution in [2.45, 2.75) is 330 Å². The van der Waals surface area contributed by atoms with Crippen molar-refractivity contribution < 1.29 is 28.6 Å². The Morgan fingerprint density at radius 2 is 0.594 bits per heavy atom. The van der Waals surface area contributed by atoms with Crippen LogP contribution in [0.15, 0.2) is 0 Å². The molecule has 2 atom stereocenters. The van der Waals surface area contributed by atoms with Gasteiger partial charge >= 0.3 is 17.9 Å². The van der Waals surface area contributed by atoms with Gasteiger partial charge in [0.05, 0.1) is 0 Å². The van der Waals surface area contributed by atoms with Gasteiger partial charge in [0.15, 0.2) is 6.10 Å². The SMILES string of the molecule is CCCCCCCCCCCCC(=O)OC[C@@H](COC(=O)CCCCCCCCCCCCCCCCC(C)CC)OC(=O)CCCCCCCCCCCCCCCCCC(C)C. The van der Waals surface area contributed by atoms with Crippen molar-refractivity contribution in [2.75, 3.05) is 13.2 Å². The largest absolute Gasteiger partial charge is 0.462 e.